The van der Waals surface area contributed by atoms with E-state index in [1.165, 1.54) is 11.1 Å². The van der Waals surface area contributed by atoms with Crippen molar-refractivity contribution in [3.05, 3.63) is 72.6 Å². The molecule has 0 saturated carbocycles. The lowest BCUT2D eigenvalue weighted by Crippen LogP contribution is -2.05. The molecule has 0 aliphatic carbocycles. The average Bonchev–Trinajstić information content (AvgIpc) is 3.22. The topological polar surface area (TPSA) is 34.8 Å². The third kappa shape index (κ3) is 4.61. The van der Waals surface area contributed by atoms with Crippen molar-refractivity contribution >= 4 is 17.8 Å². The van der Waals surface area contributed by atoms with Crippen LogP contribution in [0.15, 0.2) is 61.4 Å². The van der Waals surface area contributed by atoms with Crippen molar-refractivity contribution in [2.75, 3.05) is 11.9 Å². The molecule has 3 rings (SSSR count). The molecule has 0 unspecified atom stereocenters. The summed E-state index contributed by atoms with van der Waals surface area (Å²) < 4.78 is 4.15. The van der Waals surface area contributed by atoms with E-state index in [1.54, 1.807) is 0 Å². The van der Waals surface area contributed by atoms with Gasteiger partial charge in [-0.25, -0.2) is 4.98 Å². The zero-order chi connectivity index (χ0) is 15.9. The van der Waals surface area contributed by atoms with Gasteiger partial charge in [-0.1, -0.05) is 24.3 Å². The molecule has 0 bridgehead atoms. The molecule has 4 heteroatoms. The number of hydrogen-bond acceptors (Lipinski definition) is 2. The van der Waals surface area contributed by atoms with Gasteiger partial charge in [0.1, 0.15) is 0 Å². The quantitative estimate of drug-likeness (QED) is 0.672. The van der Waals surface area contributed by atoms with E-state index in [0.717, 1.165) is 25.2 Å². The molecule has 2 heterocycles. The van der Waals surface area contributed by atoms with E-state index in [4.69, 9.17) is 0 Å². The molecular formula is C19H22N4. The van der Waals surface area contributed by atoms with Gasteiger partial charge in [0.15, 0.2) is 0 Å². The smallest absolute Gasteiger partial charge is 0.0945 e. The normalized spacial score (nSPS) is 11.2. The number of aryl methyl sites for hydroxylation is 2. The number of rotatable bonds is 7. The predicted molar refractivity (Wildman–Crippen MR) is 96.1 cm³/mol. The summed E-state index contributed by atoms with van der Waals surface area (Å²) in [6.45, 7) is 1.95. The standard InChI is InChI=1S/C19H22N4/c1-22-13-9-18(15-22)4-3-17-5-7-19(8-6-17)21-10-2-12-23-14-11-20-16-23/h3-9,11,13-16,21H,2,10,12H2,1H3/b4-3+. The van der Waals surface area contributed by atoms with Crippen LogP contribution in [0, 0.1) is 0 Å². The molecule has 0 saturated heterocycles. The Labute approximate surface area is 137 Å². The van der Waals surface area contributed by atoms with Gasteiger partial charge in [-0.15, -0.1) is 0 Å². The molecule has 118 valence electrons. The fraction of sp³-hybridized carbons (Fsp3) is 0.211. The maximum Gasteiger partial charge on any atom is 0.0945 e. The number of anilines is 1. The molecule has 0 radical (unpaired) electrons. The van der Waals surface area contributed by atoms with E-state index in [0.29, 0.717) is 0 Å². The highest BCUT2D eigenvalue weighted by molar-refractivity contribution is 5.70. The Bertz CT molecular complexity index is 736. The average molecular weight is 306 g/mol. The maximum absolute atomic E-state index is 4.04. The second-order valence-electron chi connectivity index (χ2n) is 5.65. The van der Waals surface area contributed by atoms with Gasteiger partial charge in [-0.3, -0.25) is 0 Å². The molecule has 3 aromatic rings. The summed E-state index contributed by atoms with van der Waals surface area (Å²) in [6.07, 6.45) is 15.2. The molecule has 0 spiro atoms. The van der Waals surface area contributed by atoms with Crippen LogP contribution in [0.3, 0.4) is 0 Å². The minimum absolute atomic E-state index is 0.956. The van der Waals surface area contributed by atoms with E-state index >= 15 is 0 Å². The van der Waals surface area contributed by atoms with Crippen molar-refractivity contribution in [3.8, 4) is 0 Å². The third-order valence-electron chi connectivity index (χ3n) is 3.72. The van der Waals surface area contributed by atoms with E-state index < -0.39 is 0 Å². The second kappa shape index (κ2) is 7.49. The van der Waals surface area contributed by atoms with Crippen LogP contribution in [0.4, 0.5) is 5.69 Å². The lowest BCUT2D eigenvalue weighted by molar-refractivity contribution is 0.661. The fourth-order valence-electron chi connectivity index (χ4n) is 2.44. The minimum atomic E-state index is 0.956. The SMILES string of the molecule is Cn1ccc(/C=C/c2ccc(NCCCn3ccnc3)cc2)c1. The molecule has 0 aliphatic heterocycles. The molecule has 4 nitrogen and oxygen atoms in total. The summed E-state index contributed by atoms with van der Waals surface area (Å²) in [6, 6.07) is 10.6. The maximum atomic E-state index is 4.04. The molecule has 1 N–H and O–H groups in total. The van der Waals surface area contributed by atoms with Gasteiger partial charge in [0.25, 0.3) is 0 Å². The van der Waals surface area contributed by atoms with Crippen LogP contribution in [0.1, 0.15) is 17.5 Å². The lowest BCUT2D eigenvalue weighted by atomic mass is 10.1. The van der Waals surface area contributed by atoms with Gasteiger partial charge in [-0.05, 0) is 35.7 Å². The van der Waals surface area contributed by atoms with Gasteiger partial charge < -0.3 is 14.5 Å². The van der Waals surface area contributed by atoms with Gasteiger partial charge in [-0.2, -0.15) is 0 Å². The summed E-state index contributed by atoms with van der Waals surface area (Å²) in [7, 11) is 2.03. The first-order valence-electron chi connectivity index (χ1n) is 7.89. The number of benzene rings is 1. The van der Waals surface area contributed by atoms with E-state index in [-0.39, 0.29) is 0 Å². The van der Waals surface area contributed by atoms with Crippen LogP contribution in [-0.2, 0) is 13.6 Å². The first-order chi connectivity index (χ1) is 11.3. The Balaban J connectivity index is 1.46. The van der Waals surface area contributed by atoms with Gasteiger partial charge in [0, 0.05) is 50.6 Å². The van der Waals surface area contributed by atoms with Crippen LogP contribution in [0.2, 0.25) is 0 Å². The van der Waals surface area contributed by atoms with E-state index in [9.17, 15) is 0 Å². The van der Waals surface area contributed by atoms with Crippen molar-refractivity contribution in [1.82, 2.24) is 14.1 Å². The Hall–Kier alpha value is -2.75. The lowest BCUT2D eigenvalue weighted by Gasteiger charge is -2.07. The van der Waals surface area contributed by atoms with Gasteiger partial charge in [0.2, 0.25) is 0 Å². The summed E-state index contributed by atoms with van der Waals surface area (Å²) in [5.74, 6) is 0. The Kier molecular flexibility index (Phi) is 4.94. The third-order valence-corrected chi connectivity index (χ3v) is 3.72. The highest BCUT2D eigenvalue weighted by Crippen LogP contribution is 2.13. The summed E-state index contributed by atoms with van der Waals surface area (Å²) >= 11 is 0. The Morgan fingerprint density at radius 3 is 2.57 bits per heavy atom. The number of aromatic nitrogens is 3. The molecule has 23 heavy (non-hydrogen) atoms. The molecule has 0 aliphatic rings. The van der Waals surface area contributed by atoms with Crippen LogP contribution in [0.5, 0.6) is 0 Å². The summed E-state index contributed by atoms with van der Waals surface area (Å²) in [4.78, 5) is 4.04. The molecule has 0 amide bonds. The second-order valence-corrected chi connectivity index (χ2v) is 5.65. The van der Waals surface area contributed by atoms with Crippen LogP contribution >= 0.6 is 0 Å². The predicted octanol–water partition coefficient (Wildman–Crippen LogP) is 3.89. The first kappa shape index (κ1) is 15.2. The van der Waals surface area contributed by atoms with Crippen molar-refractivity contribution in [1.29, 1.82) is 0 Å². The van der Waals surface area contributed by atoms with Crippen molar-refractivity contribution in [2.45, 2.75) is 13.0 Å². The van der Waals surface area contributed by atoms with E-state index in [2.05, 4.69) is 74.3 Å². The Morgan fingerprint density at radius 1 is 1.04 bits per heavy atom. The molecule has 2 aromatic heterocycles. The minimum Gasteiger partial charge on any atom is -0.385 e. The zero-order valence-electron chi connectivity index (χ0n) is 13.4. The van der Waals surface area contributed by atoms with Crippen molar-refractivity contribution in [3.63, 3.8) is 0 Å². The monoisotopic (exact) mass is 306 g/mol. The largest absolute Gasteiger partial charge is 0.385 e. The molecule has 0 fully saturated rings. The summed E-state index contributed by atoms with van der Waals surface area (Å²) in [5, 5.41) is 3.45. The number of imidazole rings is 1. The van der Waals surface area contributed by atoms with Crippen LogP contribution in [-0.4, -0.2) is 20.7 Å². The molecule has 1 aromatic carbocycles. The van der Waals surface area contributed by atoms with E-state index in [1.807, 2.05) is 25.8 Å². The van der Waals surface area contributed by atoms with Crippen molar-refractivity contribution in [2.24, 2.45) is 7.05 Å². The summed E-state index contributed by atoms with van der Waals surface area (Å²) in [5.41, 5.74) is 3.58. The first-order valence-corrected chi connectivity index (χ1v) is 7.89. The number of nitrogens with one attached hydrogen (secondary N) is 1. The number of nitrogens with zero attached hydrogens (tertiary/aromatic N) is 3. The highest BCUT2D eigenvalue weighted by atomic mass is 15.0. The fourth-order valence-corrected chi connectivity index (χ4v) is 2.44. The van der Waals surface area contributed by atoms with Gasteiger partial charge in [0.05, 0.1) is 6.33 Å². The molecular weight excluding hydrogens is 284 g/mol. The van der Waals surface area contributed by atoms with Crippen LogP contribution in [0.25, 0.3) is 12.2 Å². The van der Waals surface area contributed by atoms with Gasteiger partial charge >= 0.3 is 0 Å². The molecule has 0 atom stereocenters. The zero-order valence-corrected chi connectivity index (χ0v) is 13.4. The number of hydrogen-bond donors (Lipinski definition) is 1. The van der Waals surface area contributed by atoms with Crippen LogP contribution < -0.4 is 5.32 Å². The van der Waals surface area contributed by atoms with Crippen molar-refractivity contribution < 1.29 is 0 Å². The Morgan fingerprint density at radius 2 is 1.87 bits per heavy atom. The highest BCUT2D eigenvalue weighted by Gasteiger charge is 1.94.